The van der Waals surface area contributed by atoms with Crippen molar-refractivity contribution in [3.05, 3.63) is 29.3 Å². The van der Waals surface area contributed by atoms with Crippen molar-refractivity contribution < 1.29 is 9.53 Å². The van der Waals surface area contributed by atoms with Gasteiger partial charge in [-0.1, -0.05) is 12.1 Å². The lowest BCUT2D eigenvalue weighted by Crippen LogP contribution is -2.50. The van der Waals surface area contributed by atoms with Gasteiger partial charge in [-0.3, -0.25) is 4.90 Å². The minimum Gasteiger partial charge on any atom is -0.443 e. The highest BCUT2D eigenvalue weighted by atomic mass is 16.6. The Morgan fingerprint density at radius 2 is 2.11 bits per heavy atom. The molecule has 2 rings (SSSR count). The lowest BCUT2D eigenvalue weighted by molar-refractivity contribution is 0.0561. The van der Waals surface area contributed by atoms with Gasteiger partial charge in [0.05, 0.1) is 11.9 Å². The van der Waals surface area contributed by atoms with Gasteiger partial charge in [0, 0.05) is 0 Å². The maximum Gasteiger partial charge on any atom is 0.416 e. The molecule has 1 heterocycles. The predicted octanol–water partition coefficient (Wildman–Crippen LogP) is 2.97. The smallest absolute Gasteiger partial charge is 0.416 e. The van der Waals surface area contributed by atoms with Crippen molar-refractivity contribution in [1.29, 1.82) is 0 Å². The van der Waals surface area contributed by atoms with Gasteiger partial charge in [-0.05, 0) is 57.7 Å². The Balaban J connectivity index is 2.36. The van der Waals surface area contributed by atoms with Crippen molar-refractivity contribution in [1.82, 2.24) is 0 Å². The molecule has 0 saturated carbocycles. The summed E-state index contributed by atoms with van der Waals surface area (Å²) >= 11 is 0. The Kier molecular flexibility index (Phi) is 3.54. The number of nitrogens with two attached hydrogens (primary N) is 1. The van der Waals surface area contributed by atoms with Crippen LogP contribution in [0.5, 0.6) is 0 Å². The average molecular weight is 262 g/mol. The van der Waals surface area contributed by atoms with E-state index in [9.17, 15) is 4.79 Å². The number of anilines is 1. The molecule has 1 aliphatic rings. The van der Waals surface area contributed by atoms with Gasteiger partial charge in [0.2, 0.25) is 0 Å². The quantitative estimate of drug-likeness (QED) is 0.782. The molecule has 4 heteroatoms. The van der Waals surface area contributed by atoms with E-state index in [1.165, 1.54) is 11.1 Å². The number of hydrogen-bond acceptors (Lipinski definition) is 3. The molecule has 1 unspecified atom stereocenters. The minimum absolute atomic E-state index is 0.316. The zero-order chi connectivity index (χ0) is 14.2. The fraction of sp³-hybridized carbons (Fsp3) is 0.533. The summed E-state index contributed by atoms with van der Waals surface area (Å²) in [5.41, 5.74) is 8.84. The van der Waals surface area contributed by atoms with Crippen molar-refractivity contribution in [3.8, 4) is 0 Å². The molecule has 0 fully saturated rings. The summed E-state index contributed by atoms with van der Waals surface area (Å²) in [6, 6.07) is 5.94. The summed E-state index contributed by atoms with van der Waals surface area (Å²) in [5, 5.41) is 0. The lowest BCUT2D eigenvalue weighted by atomic mass is 9.96. The molecular formula is C15H22N2O2. The van der Waals surface area contributed by atoms with Crippen LogP contribution >= 0.6 is 0 Å². The number of carbonyl (C=O) groups is 1. The molecule has 104 valence electrons. The summed E-state index contributed by atoms with van der Waals surface area (Å²) in [7, 11) is 0. The molecule has 0 radical (unpaired) electrons. The number of rotatable bonds is 0. The molecule has 1 amide bonds. The summed E-state index contributed by atoms with van der Waals surface area (Å²) < 4.78 is 5.45. The van der Waals surface area contributed by atoms with Crippen molar-refractivity contribution in [2.75, 3.05) is 4.90 Å². The van der Waals surface area contributed by atoms with Crippen molar-refractivity contribution in [3.63, 3.8) is 0 Å². The third-order valence-electron chi connectivity index (χ3n) is 3.26. The van der Waals surface area contributed by atoms with Crippen molar-refractivity contribution in [2.45, 2.75) is 52.3 Å². The highest BCUT2D eigenvalue weighted by Crippen LogP contribution is 2.32. The van der Waals surface area contributed by atoms with Gasteiger partial charge in [-0.25, -0.2) is 4.79 Å². The van der Waals surface area contributed by atoms with Gasteiger partial charge in [-0.15, -0.1) is 0 Å². The van der Waals surface area contributed by atoms with Crippen molar-refractivity contribution in [2.24, 2.45) is 5.73 Å². The number of aryl methyl sites for hydroxylation is 1. The van der Waals surface area contributed by atoms with Crippen LogP contribution in [0.3, 0.4) is 0 Å². The SMILES string of the molecule is Cc1cccc2c1CCC(N)N2C(=O)OC(C)(C)C. The van der Waals surface area contributed by atoms with E-state index in [0.717, 1.165) is 18.5 Å². The Morgan fingerprint density at radius 1 is 1.42 bits per heavy atom. The Bertz CT molecular complexity index is 491. The van der Waals surface area contributed by atoms with Crippen LogP contribution in [0.1, 0.15) is 38.3 Å². The van der Waals surface area contributed by atoms with Crippen LogP contribution < -0.4 is 10.6 Å². The maximum atomic E-state index is 12.3. The van der Waals surface area contributed by atoms with Crippen LogP contribution in [0.15, 0.2) is 18.2 Å². The molecule has 0 aliphatic carbocycles. The second kappa shape index (κ2) is 4.85. The Hall–Kier alpha value is -1.55. The van der Waals surface area contributed by atoms with Crippen molar-refractivity contribution >= 4 is 11.8 Å². The van der Waals surface area contributed by atoms with Crippen LogP contribution in [0.25, 0.3) is 0 Å². The third kappa shape index (κ3) is 2.89. The lowest BCUT2D eigenvalue weighted by Gasteiger charge is -2.36. The molecule has 1 atom stereocenters. The van der Waals surface area contributed by atoms with Crippen LogP contribution in [-0.2, 0) is 11.2 Å². The normalized spacial score (nSPS) is 19.0. The highest BCUT2D eigenvalue weighted by Gasteiger charge is 2.32. The monoisotopic (exact) mass is 262 g/mol. The molecule has 4 nitrogen and oxygen atoms in total. The van der Waals surface area contributed by atoms with E-state index in [-0.39, 0.29) is 12.3 Å². The second-order valence-electron chi connectivity index (χ2n) is 6.03. The number of amides is 1. The summed E-state index contributed by atoms with van der Waals surface area (Å²) in [6.45, 7) is 7.63. The number of carbonyl (C=O) groups excluding carboxylic acids is 1. The molecule has 1 aromatic rings. The average Bonchev–Trinajstić information content (AvgIpc) is 2.26. The minimum atomic E-state index is -0.516. The summed E-state index contributed by atoms with van der Waals surface area (Å²) in [4.78, 5) is 13.9. The Morgan fingerprint density at radius 3 is 2.74 bits per heavy atom. The molecule has 1 aromatic carbocycles. The summed E-state index contributed by atoms with van der Waals surface area (Å²) in [5.74, 6) is 0. The topological polar surface area (TPSA) is 55.6 Å². The second-order valence-corrected chi connectivity index (χ2v) is 6.03. The highest BCUT2D eigenvalue weighted by molar-refractivity contribution is 5.90. The molecule has 0 spiro atoms. The molecule has 1 aliphatic heterocycles. The zero-order valence-electron chi connectivity index (χ0n) is 12.1. The molecule has 2 N–H and O–H groups in total. The molecule has 0 saturated heterocycles. The van der Waals surface area contributed by atoms with Gasteiger partial charge in [0.1, 0.15) is 5.60 Å². The Labute approximate surface area is 114 Å². The number of fused-ring (bicyclic) bond motifs is 1. The van der Waals surface area contributed by atoms with Gasteiger partial charge >= 0.3 is 6.09 Å². The number of nitrogens with zero attached hydrogens (tertiary/aromatic N) is 1. The first-order chi connectivity index (χ1) is 8.79. The molecular weight excluding hydrogens is 240 g/mol. The molecule has 0 aromatic heterocycles. The van der Waals surface area contributed by atoms with E-state index >= 15 is 0 Å². The van der Waals surface area contributed by atoms with Gasteiger partial charge < -0.3 is 10.5 Å². The largest absolute Gasteiger partial charge is 0.443 e. The van der Waals surface area contributed by atoms with Crippen LogP contribution in [0.2, 0.25) is 0 Å². The number of ether oxygens (including phenoxy) is 1. The van der Waals surface area contributed by atoms with E-state index in [4.69, 9.17) is 10.5 Å². The van der Waals surface area contributed by atoms with E-state index in [2.05, 4.69) is 13.0 Å². The molecule has 19 heavy (non-hydrogen) atoms. The number of benzene rings is 1. The zero-order valence-corrected chi connectivity index (χ0v) is 12.1. The van der Waals surface area contributed by atoms with E-state index in [0.29, 0.717) is 0 Å². The van der Waals surface area contributed by atoms with Crippen LogP contribution in [-0.4, -0.2) is 17.9 Å². The number of hydrogen-bond donors (Lipinski definition) is 1. The van der Waals surface area contributed by atoms with E-state index < -0.39 is 5.60 Å². The fourth-order valence-corrected chi connectivity index (χ4v) is 2.38. The van der Waals surface area contributed by atoms with Gasteiger partial charge in [0.15, 0.2) is 0 Å². The third-order valence-corrected chi connectivity index (χ3v) is 3.26. The van der Waals surface area contributed by atoms with Gasteiger partial charge in [-0.2, -0.15) is 0 Å². The fourth-order valence-electron chi connectivity index (χ4n) is 2.38. The first kappa shape index (κ1) is 13.9. The van der Waals surface area contributed by atoms with Crippen LogP contribution in [0.4, 0.5) is 10.5 Å². The van der Waals surface area contributed by atoms with E-state index in [1.54, 1.807) is 4.90 Å². The summed E-state index contributed by atoms with van der Waals surface area (Å²) in [6.07, 6.45) is 0.982. The van der Waals surface area contributed by atoms with Gasteiger partial charge in [0.25, 0.3) is 0 Å². The van der Waals surface area contributed by atoms with Crippen LogP contribution in [0, 0.1) is 6.92 Å². The standard InChI is InChI=1S/C15H22N2O2/c1-10-6-5-7-12-11(10)8-9-13(16)17(12)14(18)19-15(2,3)4/h5-7,13H,8-9,16H2,1-4H3. The first-order valence-corrected chi connectivity index (χ1v) is 6.66. The maximum absolute atomic E-state index is 12.3. The predicted molar refractivity (Wildman–Crippen MR) is 76.2 cm³/mol. The van der Waals surface area contributed by atoms with E-state index in [1.807, 2.05) is 32.9 Å². The molecule has 0 bridgehead atoms. The first-order valence-electron chi connectivity index (χ1n) is 6.66.